The van der Waals surface area contributed by atoms with Crippen LogP contribution in [-0.4, -0.2) is 21.2 Å². The average molecular weight is 241 g/mol. The van der Waals surface area contributed by atoms with Crippen molar-refractivity contribution in [2.45, 2.75) is 25.3 Å². The molecule has 15 heavy (non-hydrogen) atoms. The first-order valence-corrected chi connectivity index (χ1v) is 6.37. The molecule has 0 aliphatic carbocycles. The highest BCUT2D eigenvalue weighted by molar-refractivity contribution is 7.98. The van der Waals surface area contributed by atoms with Crippen molar-refractivity contribution in [3.8, 4) is 0 Å². The molecule has 0 aromatic carbocycles. The lowest BCUT2D eigenvalue weighted by molar-refractivity contribution is 0.621. The third-order valence-electron chi connectivity index (χ3n) is 1.86. The van der Waals surface area contributed by atoms with Gasteiger partial charge in [0, 0.05) is 0 Å². The molecule has 3 nitrogen and oxygen atoms in total. The molecule has 5 heteroatoms. The second kappa shape index (κ2) is 5.42. The standard InChI is InChI=1S/C10H15N3S2/c1-6(2)4-7-10(15-3)13-8(5-12-7)9(11)14/h5-6H,4H2,1-3H3,(H2,11,14). The molecule has 0 bridgehead atoms. The number of rotatable bonds is 4. The smallest absolute Gasteiger partial charge is 0.124 e. The van der Waals surface area contributed by atoms with Crippen molar-refractivity contribution in [2.75, 3.05) is 6.26 Å². The summed E-state index contributed by atoms with van der Waals surface area (Å²) in [5, 5.41) is 0.925. The van der Waals surface area contributed by atoms with E-state index in [0.717, 1.165) is 17.1 Å². The number of hydrogen-bond donors (Lipinski definition) is 1. The summed E-state index contributed by atoms with van der Waals surface area (Å²) >= 11 is 6.45. The fourth-order valence-electron chi connectivity index (χ4n) is 1.21. The largest absolute Gasteiger partial charge is 0.388 e. The Morgan fingerprint density at radius 3 is 2.73 bits per heavy atom. The Balaban J connectivity index is 3.03. The zero-order valence-corrected chi connectivity index (χ0v) is 10.8. The molecule has 1 aromatic rings. The van der Waals surface area contributed by atoms with E-state index >= 15 is 0 Å². The summed E-state index contributed by atoms with van der Waals surface area (Å²) in [6, 6.07) is 0. The van der Waals surface area contributed by atoms with Crippen LogP contribution in [0.5, 0.6) is 0 Å². The van der Waals surface area contributed by atoms with Crippen molar-refractivity contribution in [3.63, 3.8) is 0 Å². The summed E-state index contributed by atoms with van der Waals surface area (Å²) in [6.07, 6.45) is 4.57. The predicted molar refractivity (Wildman–Crippen MR) is 68.2 cm³/mol. The van der Waals surface area contributed by atoms with Crippen molar-refractivity contribution in [1.29, 1.82) is 0 Å². The summed E-state index contributed by atoms with van der Waals surface area (Å²) in [7, 11) is 0. The van der Waals surface area contributed by atoms with Crippen LogP contribution in [0, 0.1) is 5.92 Å². The third kappa shape index (κ3) is 3.43. The fraction of sp³-hybridized carbons (Fsp3) is 0.500. The molecular formula is C10H15N3S2. The van der Waals surface area contributed by atoms with Gasteiger partial charge >= 0.3 is 0 Å². The van der Waals surface area contributed by atoms with Gasteiger partial charge < -0.3 is 5.73 Å². The van der Waals surface area contributed by atoms with E-state index in [4.69, 9.17) is 18.0 Å². The van der Waals surface area contributed by atoms with Gasteiger partial charge in [0.05, 0.1) is 11.9 Å². The molecule has 0 fully saturated rings. The molecule has 0 amide bonds. The molecule has 0 aliphatic heterocycles. The van der Waals surface area contributed by atoms with Crippen molar-refractivity contribution in [1.82, 2.24) is 9.97 Å². The lowest BCUT2D eigenvalue weighted by atomic mass is 10.1. The Morgan fingerprint density at radius 1 is 1.60 bits per heavy atom. The maximum atomic E-state index is 5.51. The Kier molecular flexibility index (Phi) is 4.47. The molecule has 0 saturated carbocycles. The molecule has 0 saturated heterocycles. The summed E-state index contributed by atoms with van der Waals surface area (Å²) in [5.74, 6) is 0.570. The van der Waals surface area contributed by atoms with E-state index in [1.54, 1.807) is 18.0 Å². The highest BCUT2D eigenvalue weighted by Gasteiger charge is 2.09. The van der Waals surface area contributed by atoms with E-state index in [9.17, 15) is 0 Å². The second-order valence-electron chi connectivity index (χ2n) is 3.67. The van der Waals surface area contributed by atoms with Gasteiger partial charge in [0.15, 0.2) is 0 Å². The van der Waals surface area contributed by atoms with Crippen LogP contribution in [0.2, 0.25) is 0 Å². The zero-order chi connectivity index (χ0) is 11.4. The van der Waals surface area contributed by atoms with Crippen LogP contribution in [-0.2, 0) is 6.42 Å². The summed E-state index contributed by atoms with van der Waals surface area (Å²) in [4.78, 5) is 9.04. The summed E-state index contributed by atoms with van der Waals surface area (Å²) in [5.41, 5.74) is 7.13. The fourth-order valence-corrected chi connectivity index (χ4v) is 1.87. The van der Waals surface area contributed by atoms with Gasteiger partial charge in [0.1, 0.15) is 15.7 Å². The number of thiocarbonyl (C=S) groups is 1. The van der Waals surface area contributed by atoms with Crippen LogP contribution in [0.3, 0.4) is 0 Å². The first kappa shape index (κ1) is 12.4. The molecule has 0 unspecified atom stereocenters. The minimum Gasteiger partial charge on any atom is -0.388 e. The van der Waals surface area contributed by atoms with E-state index in [2.05, 4.69) is 23.8 Å². The number of aromatic nitrogens is 2. The molecule has 1 heterocycles. The Bertz CT molecular complexity index is 364. The van der Waals surface area contributed by atoms with Crippen molar-refractivity contribution < 1.29 is 0 Å². The van der Waals surface area contributed by atoms with Gasteiger partial charge in [0.2, 0.25) is 0 Å². The maximum Gasteiger partial charge on any atom is 0.124 e. The van der Waals surface area contributed by atoms with Gasteiger partial charge in [0.25, 0.3) is 0 Å². The van der Waals surface area contributed by atoms with Gasteiger partial charge in [-0.3, -0.25) is 4.98 Å². The lowest BCUT2D eigenvalue weighted by Crippen LogP contribution is -2.14. The summed E-state index contributed by atoms with van der Waals surface area (Å²) < 4.78 is 0. The first-order chi connectivity index (χ1) is 7.04. The average Bonchev–Trinajstić information content (AvgIpc) is 2.17. The number of hydrogen-bond acceptors (Lipinski definition) is 4. The molecular weight excluding hydrogens is 226 g/mol. The molecule has 82 valence electrons. The van der Waals surface area contributed by atoms with Gasteiger partial charge in [-0.1, -0.05) is 26.1 Å². The molecule has 0 aliphatic rings. The van der Waals surface area contributed by atoms with Crippen LogP contribution in [0.15, 0.2) is 11.2 Å². The molecule has 0 spiro atoms. The summed E-state index contributed by atoms with van der Waals surface area (Å²) in [6.45, 7) is 4.32. The Morgan fingerprint density at radius 2 is 2.27 bits per heavy atom. The minimum atomic E-state index is 0.300. The molecule has 1 rings (SSSR count). The van der Waals surface area contributed by atoms with Crippen molar-refractivity contribution in [2.24, 2.45) is 11.7 Å². The second-order valence-corrected chi connectivity index (χ2v) is 4.91. The van der Waals surface area contributed by atoms with Crippen LogP contribution < -0.4 is 5.73 Å². The van der Waals surface area contributed by atoms with E-state index < -0.39 is 0 Å². The SMILES string of the molecule is CSc1nc(C(N)=S)cnc1CC(C)C. The number of nitrogens with zero attached hydrogens (tertiary/aromatic N) is 2. The zero-order valence-electron chi connectivity index (χ0n) is 9.15. The molecule has 1 aromatic heterocycles. The topological polar surface area (TPSA) is 51.8 Å². The minimum absolute atomic E-state index is 0.300. The number of nitrogens with two attached hydrogens (primary N) is 1. The number of thioether (sulfide) groups is 1. The quantitative estimate of drug-likeness (QED) is 0.645. The highest BCUT2D eigenvalue weighted by atomic mass is 32.2. The molecule has 0 atom stereocenters. The molecule has 2 N–H and O–H groups in total. The predicted octanol–water partition coefficient (Wildman–Crippen LogP) is 2.03. The first-order valence-electron chi connectivity index (χ1n) is 4.74. The van der Waals surface area contributed by atoms with Crippen LogP contribution in [0.4, 0.5) is 0 Å². The van der Waals surface area contributed by atoms with Gasteiger partial charge in [-0.05, 0) is 18.6 Å². The normalized spacial score (nSPS) is 10.7. The Labute approximate surface area is 99.9 Å². The monoisotopic (exact) mass is 241 g/mol. The third-order valence-corrected chi connectivity index (χ3v) is 2.78. The van der Waals surface area contributed by atoms with Crippen LogP contribution in [0.25, 0.3) is 0 Å². The van der Waals surface area contributed by atoms with E-state index in [1.807, 2.05) is 6.26 Å². The van der Waals surface area contributed by atoms with Gasteiger partial charge in [-0.2, -0.15) is 0 Å². The van der Waals surface area contributed by atoms with Crippen LogP contribution >= 0.6 is 24.0 Å². The van der Waals surface area contributed by atoms with Crippen molar-refractivity contribution in [3.05, 3.63) is 17.6 Å². The van der Waals surface area contributed by atoms with Crippen molar-refractivity contribution >= 4 is 29.0 Å². The van der Waals surface area contributed by atoms with E-state index in [-0.39, 0.29) is 0 Å². The van der Waals surface area contributed by atoms with Gasteiger partial charge in [-0.15, -0.1) is 11.8 Å². The van der Waals surface area contributed by atoms with Crippen LogP contribution in [0.1, 0.15) is 25.2 Å². The highest BCUT2D eigenvalue weighted by Crippen LogP contribution is 2.18. The van der Waals surface area contributed by atoms with E-state index in [0.29, 0.717) is 16.6 Å². The lowest BCUT2D eigenvalue weighted by Gasteiger charge is -2.09. The van der Waals surface area contributed by atoms with E-state index in [1.165, 1.54) is 0 Å². The maximum absolute atomic E-state index is 5.51. The van der Waals surface area contributed by atoms with Gasteiger partial charge in [-0.25, -0.2) is 4.98 Å². The Hall–Kier alpha value is -0.680. The molecule has 0 radical (unpaired) electrons.